The number of benzene rings is 2. The van der Waals surface area contributed by atoms with E-state index in [1.165, 1.54) is 6.26 Å². The van der Waals surface area contributed by atoms with E-state index in [2.05, 4.69) is 5.32 Å². The standard InChI is InChI=1S/C25H29NO5/c1-14-9-11-17(12-10-14)19-16(3)22-21(26-18(27)8-7-13-30-22)15(2)20(19)23(24(28)29)31-25(4,5)6/h7,9-13,23H,8H2,1-6H3,(H,26,27)(H,28,29)/b13-7-/t23-/m0/s1. The maximum Gasteiger partial charge on any atom is 0.337 e. The van der Waals surface area contributed by atoms with Gasteiger partial charge in [0.2, 0.25) is 5.91 Å². The van der Waals surface area contributed by atoms with Crippen molar-refractivity contribution >= 4 is 17.6 Å². The lowest BCUT2D eigenvalue weighted by Crippen LogP contribution is -2.29. The number of ether oxygens (including phenoxy) is 2. The Bertz CT molecular complexity index is 1050. The maximum absolute atomic E-state index is 12.4. The summed E-state index contributed by atoms with van der Waals surface area (Å²) in [5, 5.41) is 13.0. The summed E-state index contributed by atoms with van der Waals surface area (Å²) in [6.45, 7) is 11.1. The number of aryl methyl sites for hydroxylation is 1. The number of fused-ring (bicyclic) bond motifs is 1. The molecule has 1 aliphatic heterocycles. The summed E-state index contributed by atoms with van der Waals surface area (Å²) in [6.07, 6.45) is 2.10. The van der Waals surface area contributed by atoms with Crippen molar-refractivity contribution in [2.75, 3.05) is 5.32 Å². The van der Waals surface area contributed by atoms with Crippen LogP contribution in [0.5, 0.6) is 5.75 Å². The molecule has 31 heavy (non-hydrogen) atoms. The fourth-order valence-corrected chi connectivity index (χ4v) is 3.76. The molecule has 1 aliphatic rings. The van der Waals surface area contributed by atoms with E-state index in [0.717, 1.165) is 22.3 Å². The second-order valence-corrected chi connectivity index (χ2v) is 8.80. The van der Waals surface area contributed by atoms with Gasteiger partial charge in [-0.05, 0) is 64.3 Å². The van der Waals surface area contributed by atoms with Crippen molar-refractivity contribution in [2.24, 2.45) is 0 Å². The van der Waals surface area contributed by atoms with E-state index in [1.54, 1.807) is 13.0 Å². The molecule has 1 heterocycles. The molecule has 2 aromatic carbocycles. The van der Waals surface area contributed by atoms with Gasteiger partial charge in [0.25, 0.3) is 0 Å². The average molecular weight is 424 g/mol. The number of hydrogen-bond acceptors (Lipinski definition) is 4. The largest absolute Gasteiger partial charge is 0.479 e. The first-order valence-corrected chi connectivity index (χ1v) is 10.3. The first-order valence-electron chi connectivity index (χ1n) is 10.3. The van der Waals surface area contributed by atoms with Gasteiger partial charge in [-0.3, -0.25) is 4.79 Å². The van der Waals surface area contributed by atoms with Gasteiger partial charge in [-0.15, -0.1) is 0 Å². The summed E-state index contributed by atoms with van der Waals surface area (Å²) in [5.74, 6) is -0.786. The quantitative estimate of drug-likeness (QED) is 0.683. The fourth-order valence-electron chi connectivity index (χ4n) is 3.76. The lowest BCUT2D eigenvalue weighted by Gasteiger charge is -2.30. The highest BCUT2D eigenvalue weighted by Crippen LogP contribution is 2.46. The molecule has 0 aliphatic carbocycles. The average Bonchev–Trinajstić information content (AvgIpc) is 2.66. The third-order valence-corrected chi connectivity index (χ3v) is 5.14. The van der Waals surface area contributed by atoms with Gasteiger partial charge in [0.15, 0.2) is 11.9 Å². The molecule has 1 amide bonds. The van der Waals surface area contributed by atoms with E-state index in [0.29, 0.717) is 22.6 Å². The van der Waals surface area contributed by atoms with Gasteiger partial charge in [-0.2, -0.15) is 0 Å². The molecule has 0 bridgehead atoms. The molecule has 0 fully saturated rings. The zero-order valence-electron chi connectivity index (χ0n) is 18.8. The minimum atomic E-state index is -1.22. The van der Waals surface area contributed by atoms with Crippen LogP contribution in [-0.2, 0) is 14.3 Å². The summed E-state index contributed by atoms with van der Waals surface area (Å²) < 4.78 is 11.9. The highest BCUT2D eigenvalue weighted by atomic mass is 16.5. The summed E-state index contributed by atoms with van der Waals surface area (Å²) in [4.78, 5) is 24.7. The van der Waals surface area contributed by atoms with Crippen molar-refractivity contribution in [1.82, 2.24) is 0 Å². The van der Waals surface area contributed by atoms with Crippen LogP contribution >= 0.6 is 0 Å². The van der Waals surface area contributed by atoms with Crippen molar-refractivity contribution < 1.29 is 24.2 Å². The van der Waals surface area contributed by atoms with Gasteiger partial charge in [-0.1, -0.05) is 29.8 Å². The first-order chi connectivity index (χ1) is 14.5. The highest BCUT2D eigenvalue weighted by Gasteiger charge is 2.34. The molecular weight excluding hydrogens is 394 g/mol. The fraction of sp³-hybridized carbons (Fsp3) is 0.360. The van der Waals surface area contributed by atoms with Gasteiger partial charge < -0.3 is 19.9 Å². The van der Waals surface area contributed by atoms with Crippen LogP contribution in [-0.4, -0.2) is 22.6 Å². The van der Waals surface area contributed by atoms with Gasteiger partial charge in [0, 0.05) is 17.5 Å². The van der Waals surface area contributed by atoms with Crippen LogP contribution in [0.1, 0.15) is 55.5 Å². The van der Waals surface area contributed by atoms with Crippen molar-refractivity contribution in [3.05, 3.63) is 58.9 Å². The minimum absolute atomic E-state index is 0.174. The number of nitrogens with one attached hydrogen (secondary N) is 1. The van der Waals surface area contributed by atoms with E-state index < -0.39 is 17.7 Å². The number of aliphatic carboxylic acids is 1. The third kappa shape index (κ3) is 4.80. The molecule has 164 valence electrons. The summed E-state index contributed by atoms with van der Waals surface area (Å²) in [5.41, 5.74) is 4.31. The molecule has 2 aromatic rings. The predicted octanol–water partition coefficient (Wildman–Crippen LogP) is 5.45. The van der Waals surface area contributed by atoms with E-state index in [1.807, 2.05) is 58.9 Å². The molecule has 0 aromatic heterocycles. The molecule has 6 heteroatoms. The zero-order chi connectivity index (χ0) is 22.9. The van der Waals surface area contributed by atoms with Crippen LogP contribution in [0.3, 0.4) is 0 Å². The third-order valence-electron chi connectivity index (χ3n) is 5.14. The molecule has 0 saturated heterocycles. The van der Waals surface area contributed by atoms with Crippen molar-refractivity contribution in [3.63, 3.8) is 0 Å². The number of anilines is 1. The Morgan fingerprint density at radius 3 is 2.35 bits per heavy atom. The number of rotatable bonds is 4. The van der Waals surface area contributed by atoms with Crippen molar-refractivity contribution in [1.29, 1.82) is 0 Å². The smallest absolute Gasteiger partial charge is 0.337 e. The molecule has 2 N–H and O–H groups in total. The van der Waals surface area contributed by atoms with Crippen LogP contribution in [0.25, 0.3) is 11.1 Å². The summed E-state index contributed by atoms with van der Waals surface area (Å²) >= 11 is 0. The Morgan fingerprint density at radius 1 is 1.13 bits per heavy atom. The molecule has 0 radical (unpaired) electrons. The van der Waals surface area contributed by atoms with E-state index in [9.17, 15) is 14.7 Å². The second kappa shape index (κ2) is 8.55. The zero-order valence-corrected chi connectivity index (χ0v) is 18.8. The lowest BCUT2D eigenvalue weighted by atomic mass is 9.86. The maximum atomic E-state index is 12.4. The van der Waals surface area contributed by atoms with Crippen LogP contribution in [0.15, 0.2) is 36.6 Å². The number of carbonyl (C=O) groups is 2. The first kappa shape index (κ1) is 22.6. The number of carbonyl (C=O) groups excluding carboxylic acids is 1. The number of amides is 1. The SMILES string of the molecule is Cc1ccc(-c2c(C)c3c(c(C)c2[C@H](OC(C)(C)C)C(=O)O)NC(=O)C/C=C\O3)cc1. The predicted molar refractivity (Wildman–Crippen MR) is 120 cm³/mol. The van der Waals surface area contributed by atoms with E-state index in [4.69, 9.17) is 9.47 Å². The molecule has 6 nitrogen and oxygen atoms in total. The highest BCUT2D eigenvalue weighted by molar-refractivity contribution is 5.97. The minimum Gasteiger partial charge on any atom is -0.479 e. The Hall–Kier alpha value is -3.12. The molecule has 0 saturated carbocycles. The van der Waals surface area contributed by atoms with Gasteiger partial charge in [-0.25, -0.2) is 4.79 Å². The van der Waals surface area contributed by atoms with Crippen LogP contribution in [0, 0.1) is 20.8 Å². The summed E-state index contributed by atoms with van der Waals surface area (Å²) in [7, 11) is 0. The molecule has 3 rings (SSSR count). The van der Waals surface area contributed by atoms with E-state index >= 15 is 0 Å². The Balaban J connectivity index is 2.39. The summed E-state index contributed by atoms with van der Waals surface area (Å²) in [6, 6.07) is 7.88. The van der Waals surface area contributed by atoms with Gasteiger partial charge >= 0.3 is 5.97 Å². The second-order valence-electron chi connectivity index (χ2n) is 8.80. The molecular formula is C25H29NO5. The number of hydrogen-bond donors (Lipinski definition) is 2. The van der Waals surface area contributed by atoms with Crippen LogP contribution in [0.4, 0.5) is 5.69 Å². The van der Waals surface area contributed by atoms with Crippen molar-refractivity contribution in [3.8, 4) is 16.9 Å². The van der Waals surface area contributed by atoms with E-state index in [-0.39, 0.29) is 12.3 Å². The Kier molecular flexibility index (Phi) is 6.23. The molecule has 0 spiro atoms. The Morgan fingerprint density at radius 2 is 1.77 bits per heavy atom. The van der Waals surface area contributed by atoms with Gasteiger partial charge in [0.05, 0.1) is 17.6 Å². The molecule has 0 unspecified atom stereocenters. The topological polar surface area (TPSA) is 84.9 Å². The Labute approximate surface area is 182 Å². The molecule has 1 atom stereocenters. The van der Waals surface area contributed by atoms with Crippen molar-refractivity contribution in [2.45, 2.75) is 59.7 Å². The van der Waals surface area contributed by atoms with Crippen LogP contribution in [0.2, 0.25) is 0 Å². The van der Waals surface area contributed by atoms with Crippen LogP contribution < -0.4 is 10.1 Å². The van der Waals surface area contributed by atoms with Gasteiger partial charge in [0.1, 0.15) is 0 Å². The normalized spacial score (nSPS) is 15.7. The monoisotopic (exact) mass is 423 g/mol. The lowest BCUT2D eigenvalue weighted by molar-refractivity contribution is -0.160. The number of carboxylic acid groups (broad SMARTS) is 1. The number of carboxylic acids is 1.